The van der Waals surface area contributed by atoms with Crippen molar-refractivity contribution in [2.24, 2.45) is 5.73 Å². The minimum atomic E-state index is -0.968. The van der Waals surface area contributed by atoms with Gasteiger partial charge in [0.1, 0.15) is 6.04 Å². The van der Waals surface area contributed by atoms with Crippen LogP contribution in [0.5, 0.6) is 0 Å². The predicted octanol–water partition coefficient (Wildman–Crippen LogP) is -6.91. The Bertz CT molecular complexity index is 197. The van der Waals surface area contributed by atoms with Gasteiger partial charge in [-0.25, -0.2) is 0 Å². The first-order chi connectivity index (χ1) is 6.07. The van der Waals surface area contributed by atoms with Gasteiger partial charge in [-0.1, -0.05) is 0 Å². The molecule has 0 amide bonds. The molecular weight excluding hydrogens is 238 g/mol. The Balaban J connectivity index is -0.0000000489. The Kier molecular flexibility index (Phi) is 19.7. The molecule has 0 radical (unpaired) electrons. The first kappa shape index (κ1) is 21.7. The fourth-order valence-corrected chi connectivity index (χ4v) is 0.895. The van der Waals surface area contributed by atoms with E-state index in [-0.39, 0.29) is 96.4 Å². The van der Waals surface area contributed by atoms with E-state index in [1.165, 1.54) is 0 Å². The Hall–Kier alpha value is 1.50. The number of carboxylic acids is 2. The van der Waals surface area contributed by atoms with Crippen molar-refractivity contribution >= 4 is 11.9 Å². The van der Waals surface area contributed by atoms with E-state index in [2.05, 4.69) is 11.1 Å². The van der Waals surface area contributed by atoms with Gasteiger partial charge in [0.25, 0.3) is 0 Å². The van der Waals surface area contributed by atoms with Gasteiger partial charge in [-0.2, -0.15) is 0 Å². The molecule has 6 nitrogen and oxygen atoms in total. The first-order valence-corrected chi connectivity index (χ1v) is 3.96. The standard InChI is InChI=1S/C5H9NO2.C2H5NO2.K.Na.2H/c7-5(8)4-2-1-3-6-4;3-1-2(4)5;;;;/h4,6H,1-3H2,(H,7,8);1,3H2,(H,4,5);;;;/q;;2*+1;2*-1/t4-;;;;;/m0...../s1. The summed E-state index contributed by atoms with van der Waals surface area (Å²) in [5.41, 5.74) is 4.57. The van der Waals surface area contributed by atoms with Gasteiger partial charge in [0, 0.05) is 0 Å². The van der Waals surface area contributed by atoms with E-state index in [0.717, 1.165) is 19.4 Å². The Morgan fingerprint density at radius 3 is 2.07 bits per heavy atom. The van der Waals surface area contributed by atoms with Crippen LogP contribution in [-0.4, -0.2) is 41.3 Å². The summed E-state index contributed by atoms with van der Waals surface area (Å²) in [6, 6.07) is -0.269. The maximum absolute atomic E-state index is 10.1. The summed E-state index contributed by atoms with van der Waals surface area (Å²) in [6.07, 6.45) is 1.78. The number of rotatable bonds is 2. The van der Waals surface area contributed by atoms with Gasteiger partial charge in [0.2, 0.25) is 0 Å². The molecule has 0 spiro atoms. The molecule has 80 valence electrons. The van der Waals surface area contributed by atoms with Gasteiger partial charge in [-0.05, 0) is 19.4 Å². The van der Waals surface area contributed by atoms with Crippen LogP contribution >= 0.6 is 0 Å². The Morgan fingerprint density at radius 2 is 1.93 bits per heavy atom. The molecule has 1 atom stereocenters. The summed E-state index contributed by atoms with van der Waals surface area (Å²) in [5.74, 6) is -1.69. The first-order valence-electron chi connectivity index (χ1n) is 3.96. The molecule has 1 aliphatic heterocycles. The second-order valence-corrected chi connectivity index (χ2v) is 2.59. The zero-order valence-corrected chi connectivity index (χ0v) is 14.3. The molecule has 1 fully saturated rings. The molecule has 1 aliphatic rings. The average Bonchev–Trinajstić information content (AvgIpc) is 2.57. The molecule has 1 saturated heterocycles. The summed E-state index contributed by atoms with van der Waals surface area (Å²) >= 11 is 0. The molecule has 0 aromatic heterocycles. The molecule has 0 aromatic rings. The number of nitrogens with two attached hydrogens (primary N) is 1. The third-order valence-corrected chi connectivity index (χ3v) is 1.53. The zero-order valence-electron chi connectivity index (χ0n) is 11.2. The summed E-state index contributed by atoms with van der Waals surface area (Å²) in [7, 11) is 0. The number of carbonyl (C=O) groups is 2. The minimum Gasteiger partial charge on any atom is -1.00 e. The molecular formula is C7H16KN2NaO4. The van der Waals surface area contributed by atoms with Crippen molar-refractivity contribution in [1.29, 1.82) is 0 Å². The molecule has 1 rings (SSSR count). The van der Waals surface area contributed by atoms with E-state index >= 15 is 0 Å². The third kappa shape index (κ3) is 13.4. The van der Waals surface area contributed by atoms with Crippen LogP contribution in [0.1, 0.15) is 15.7 Å². The smallest absolute Gasteiger partial charge is 1.00 e. The number of hydrogen-bond donors (Lipinski definition) is 4. The number of nitrogens with one attached hydrogen (secondary N) is 1. The van der Waals surface area contributed by atoms with E-state index in [1.807, 2.05) is 0 Å². The molecule has 0 aliphatic carbocycles. The van der Waals surface area contributed by atoms with E-state index in [1.54, 1.807) is 0 Å². The molecule has 0 bridgehead atoms. The van der Waals surface area contributed by atoms with E-state index in [0.29, 0.717) is 0 Å². The average molecular weight is 254 g/mol. The van der Waals surface area contributed by atoms with Crippen molar-refractivity contribution < 1.29 is 104 Å². The van der Waals surface area contributed by atoms with Crippen LogP contribution in [0.3, 0.4) is 0 Å². The summed E-state index contributed by atoms with van der Waals surface area (Å²) in [4.78, 5) is 19.4. The minimum absolute atomic E-state index is 0. The van der Waals surface area contributed by atoms with E-state index < -0.39 is 11.9 Å². The van der Waals surface area contributed by atoms with E-state index in [4.69, 9.17) is 10.2 Å². The van der Waals surface area contributed by atoms with Crippen LogP contribution in [0, 0.1) is 0 Å². The fourth-order valence-electron chi connectivity index (χ4n) is 0.895. The van der Waals surface area contributed by atoms with Gasteiger partial charge in [-0.15, -0.1) is 0 Å². The van der Waals surface area contributed by atoms with Crippen LogP contribution in [0.2, 0.25) is 0 Å². The van der Waals surface area contributed by atoms with Crippen molar-refractivity contribution in [3.05, 3.63) is 0 Å². The van der Waals surface area contributed by atoms with E-state index in [9.17, 15) is 9.59 Å². The van der Waals surface area contributed by atoms with Gasteiger partial charge in [0.15, 0.2) is 0 Å². The summed E-state index contributed by atoms with van der Waals surface area (Å²) < 4.78 is 0. The number of aliphatic carboxylic acids is 2. The van der Waals surface area contributed by atoms with Crippen LogP contribution in [-0.2, 0) is 9.59 Å². The van der Waals surface area contributed by atoms with Crippen LogP contribution < -0.4 is 92.0 Å². The number of carboxylic acid groups (broad SMARTS) is 2. The fraction of sp³-hybridized carbons (Fsp3) is 0.714. The van der Waals surface area contributed by atoms with Gasteiger partial charge in [-0.3, -0.25) is 9.59 Å². The van der Waals surface area contributed by atoms with Crippen LogP contribution in [0.25, 0.3) is 0 Å². The van der Waals surface area contributed by atoms with Crippen LogP contribution in [0.4, 0.5) is 0 Å². The monoisotopic (exact) mass is 254 g/mol. The molecule has 5 N–H and O–H groups in total. The number of hydrogen-bond acceptors (Lipinski definition) is 4. The second-order valence-electron chi connectivity index (χ2n) is 2.59. The zero-order chi connectivity index (χ0) is 10.3. The SMILES string of the molecule is NCC(=O)O.O=C(O)[C@@H]1CCCN1.[H-].[H-].[K+].[Na+]. The van der Waals surface area contributed by atoms with Crippen molar-refractivity contribution in [3.8, 4) is 0 Å². The largest absolute Gasteiger partial charge is 1.00 e. The third-order valence-electron chi connectivity index (χ3n) is 1.53. The Morgan fingerprint density at radius 1 is 1.47 bits per heavy atom. The molecule has 15 heavy (non-hydrogen) atoms. The second kappa shape index (κ2) is 13.6. The summed E-state index contributed by atoms with van der Waals surface area (Å²) in [6.45, 7) is 0.580. The topological polar surface area (TPSA) is 113 Å². The normalized spacial score (nSPS) is 17.5. The molecule has 0 aromatic carbocycles. The maximum Gasteiger partial charge on any atom is 1.00 e. The quantitative estimate of drug-likeness (QED) is 0.364. The van der Waals surface area contributed by atoms with Crippen molar-refractivity contribution in [2.45, 2.75) is 18.9 Å². The summed E-state index contributed by atoms with van der Waals surface area (Å²) in [5, 5.41) is 18.8. The van der Waals surface area contributed by atoms with Gasteiger partial charge in [0.05, 0.1) is 6.54 Å². The van der Waals surface area contributed by atoms with Crippen molar-refractivity contribution in [1.82, 2.24) is 5.32 Å². The van der Waals surface area contributed by atoms with Crippen molar-refractivity contribution in [3.63, 3.8) is 0 Å². The van der Waals surface area contributed by atoms with Crippen LogP contribution in [0.15, 0.2) is 0 Å². The maximum atomic E-state index is 10.1. The predicted molar refractivity (Wildman–Crippen MR) is 47.6 cm³/mol. The molecule has 8 heteroatoms. The molecule has 0 saturated carbocycles. The van der Waals surface area contributed by atoms with Gasteiger partial charge >= 0.3 is 92.9 Å². The van der Waals surface area contributed by atoms with Crippen molar-refractivity contribution in [2.75, 3.05) is 13.1 Å². The molecule has 0 unspecified atom stereocenters. The van der Waals surface area contributed by atoms with Gasteiger partial charge < -0.3 is 24.1 Å². The Labute approximate surface area is 156 Å². The molecule has 1 heterocycles.